The van der Waals surface area contributed by atoms with Crippen LogP contribution in [0.25, 0.3) is 0 Å². The van der Waals surface area contributed by atoms with Gasteiger partial charge in [-0.05, 0) is 12.2 Å². The Labute approximate surface area is 104 Å². The SMILES string of the molecule is CN(C(=O)OC=S)c1c(C(F)(F)F)nn(C)c1F. The van der Waals surface area contributed by atoms with Crippen LogP contribution in [0.1, 0.15) is 5.69 Å². The van der Waals surface area contributed by atoms with Crippen molar-refractivity contribution >= 4 is 29.6 Å². The first-order valence-corrected chi connectivity index (χ1v) is 4.85. The number of thiocarbonyl (C=S) groups is 1. The molecule has 0 saturated carbocycles. The summed E-state index contributed by atoms with van der Waals surface area (Å²) in [5.41, 5.74) is -1.99. The molecular weight excluding hydrogens is 278 g/mol. The Morgan fingerprint density at radius 1 is 1.56 bits per heavy atom. The minimum absolute atomic E-state index is 0.341. The normalized spacial score (nSPS) is 11.2. The summed E-state index contributed by atoms with van der Waals surface area (Å²) in [5, 5.41) is 2.98. The molecule has 0 fully saturated rings. The third-order valence-electron chi connectivity index (χ3n) is 1.98. The third kappa shape index (κ3) is 2.58. The van der Waals surface area contributed by atoms with Gasteiger partial charge in [0.15, 0.2) is 11.2 Å². The number of ether oxygens (including phenoxy) is 1. The number of nitrogens with zero attached hydrogens (tertiary/aromatic N) is 3. The van der Waals surface area contributed by atoms with Crippen molar-refractivity contribution in [3.8, 4) is 0 Å². The van der Waals surface area contributed by atoms with Gasteiger partial charge in [0.1, 0.15) is 5.69 Å². The quantitative estimate of drug-likeness (QED) is 0.617. The summed E-state index contributed by atoms with van der Waals surface area (Å²) in [5.74, 6) is -1.31. The lowest BCUT2D eigenvalue weighted by molar-refractivity contribution is -0.140. The molecule has 0 bridgehead atoms. The molecule has 100 valence electrons. The van der Waals surface area contributed by atoms with E-state index in [2.05, 4.69) is 22.1 Å². The molecule has 1 amide bonds. The van der Waals surface area contributed by atoms with Crippen molar-refractivity contribution in [1.82, 2.24) is 9.78 Å². The van der Waals surface area contributed by atoms with Crippen LogP contribution in [-0.4, -0.2) is 28.5 Å². The van der Waals surface area contributed by atoms with Gasteiger partial charge in [0.2, 0.25) is 5.95 Å². The lowest BCUT2D eigenvalue weighted by atomic mass is 10.3. The number of carbonyl (C=O) groups is 1. The van der Waals surface area contributed by atoms with Crippen LogP contribution in [0.4, 0.5) is 28.0 Å². The van der Waals surface area contributed by atoms with Gasteiger partial charge in [-0.25, -0.2) is 9.48 Å². The van der Waals surface area contributed by atoms with Crippen molar-refractivity contribution in [3.63, 3.8) is 0 Å². The van der Waals surface area contributed by atoms with E-state index in [4.69, 9.17) is 0 Å². The molecule has 0 spiro atoms. The van der Waals surface area contributed by atoms with Crippen LogP contribution in [0.15, 0.2) is 0 Å². The summed E-state index contributed by atoms with van der Waals surface area (Å²) in [6.45, 7) is 0. The Morgan fingerprint density at radius 2 is 2.11 bits per heavy atom. The lowest BCUT2D eigenvalue weighted by Gasteiger charge is -2.15. The van der Waals surface area contributed by atoms with E-state index in [0.29, 0.717) is 15.1 Å². The number of rotatable bonds is 2. The van der Waals surface area contributed by atoms with Crippen molar-refractivity contribution in [2.24, 2.45) is 7.05 Å². The van der Waals surface area contributed by atoms with Gasteiger partial charge in [-0.1, -0.05) is 0 Å². The number of anilines is 1. The molecule has 0 aliphatic rings. The highest BCUT2D eigenvalue weighted by molar-refractivity contribution is 7.78. The Bertz CT molecular complexity index is 485. The van der Waals surface area contributed by atoms with E-state index in [0.717, 1.165) is 14.1 Å². The first-order valence-electron chi connectivity index (χ1n) is 4.37. The van der Waals surface area contributed by atoms with E-state index in [1.165, 1.54) is 0 Å². The van der Waals surface area contributed by atoms with Gasteiger partial charge in [-0.2, -0.15) is 22.7 Å². The molecule has 0 aliphatic carbocycles. The van der Waals surface area contributed by atoms with Crippen LogP contribution in [0.5, 0.6) is 0 Å². The van der Waals surface area contributed by atoms with Crippen LogP contribution in [0.2, 0.25) is 0 Å². The molecular formula is C8H7F4N3O2S. The zero-order valence-corrected chi connectivity index (χ0v) is 9.97. The maximum Gasteiger partial charge on any atom is 0.437 e. The molecule has 0 N–H and O–H groups in total. The monoisotopic (exact) mass is 285 g/mol. The third-order valence-corrected chi connectivity index (χ3v) is 2.08. The zero-order valence-electron chi connectivity index (χ0n) is 9.16. The molecule has 0 aromatic carbocycles. The number of hydrogen-bond donors (Lipinski definition) is 0. The van der Waals surface area contributed by atoms with E-state index in [1.54, 1.807) is 0 Å². The number of halogens is 4. The van der Waals surface area contributed by atoms with Crippen LogP contribution in [-0.2, 0) is 18.0 Å². The fourth-order valence-corrected chi connectivity index (χ4v) is 1.27. The summed E-state index contributed by atoms with van der Waals surface area (Å²) >= 11 is 4.21. The van der Waals surface area contributed by atoms with Crippen molar-refractivity contribution < 1.29 is 27.1 Å². The molecule has 0 aliphatic heterocycles. The average molecular weight is 285 g/mol. The second-order valence-electron chi connectivity index (χ2n) is 3.15. The number of hydrogen-bond acceptors (Lipinski definition) is 4. The maximum absolute atomic E-state index is 13.5. The summed E-state index contributed by atoms with van der Waals surface area (Å²) in [6, 6.07) is 0. The Balaban J connectivity index is 3.30. The van der Waals surface area contributed by atoms with Crippen LogP contribution in [0.3, 0.4) is 0 Å². The van der Waals surface area contributed by atoms with E-state index in [-0.39, 0.29) is 0 Å². The minimum atomic E-state index is -4.90. The van der Waals surface area contributed by atoms with Crippen molar-refractivity contribution in [2.45, 2.75) is 6.18 Å². The van der Waals surface area contributed by atoms with Crippen LogP contribution in [0, 0.1) is 5.95 Å². The van der Waals surface area contributed by atoms with Crippen LogP contribution >= 0.6 is 12.2 Å². The van der Waals surface area contributed by atoms with E-state index < -0.39 is 29.6 Å². The summed E-state index contributed by atoms with van der Waals surface area (Å²) in [7, 11) is 1.89. The second-order valence-corrected chi connectivity index (χ2v) is 3.34. The highest BCUT2D eigenvalue weighted by Crippen LogP contribution is 2.36. The fraction of sp³-hybridized carbons (Fsp3) is 0.375. The molecule has 0 saturated heterocycles. The van der Waals surface area contributed by atoms with Gasteiger partial charge < -0.3 is 4.74 Å². The number of amides is 1. The van der Waals surface area contributed by atoms with Crippen molar-refractivity contribution in [2.75, 3.05) is 11.9 Å². The molecule has 1 aromatic heterocycles. The molecule has 5 nitrogen and oxygen atoms in total. The molecule has 10 heteroatoms. The highest BCUT2D eigenvalue weighted by Gasteiger charge is 2.41. The average Bonchev–Trinajstić information content (AvgIpc) is 2.55. The number of alkyl halides is 3. The molecule has 0 atom stereocenters. The van der Waals surface area contributed by atoms with Gasteiger partial charge in [-0.15, -0.1) is 0 Å². The minimum Gasteiger partial charge on any atom is -0.406 e. The highest BCUT2D eigenvalue weighted by atomic mass is 32.1. The number of carbonyl (C=O) groups excluding carboxylic acids is 1. The molecule has 1 rings (SSSR count). The van der Waals surface area contributed by atoms with E-state index in [1.807, 2.05) is 0 Å². The van der Waals surface area contributed by atoms with Gasteiger partial charge >= 0.3 is 12.3 Å². The summed E-state index contributed by atoms with van der Waals surface area (Å²) < 4.78 is 55.9. The second kappa shape index (κ2) is 4.88. The molecule has 0 unspecified atom stereocenters. The summed E-state index contributed by atoms with van der Waals surface area (Å²) in [6.07, 6.45) is -6.15. The lowest BCUT2D eigenvalue weighted by Crippen LogP contribution is -2.29. The van der Waals surface area contributed by atoms with E-state index >= 15 is 0 Å². The van der Waals surface area contributed by atoms with Crippen LogP contribution < -0.4 is 4.90 Å². The Hall–Kier alpha value is -1.71. The van der Waals surface area contributed by atoms with Gasteiger partial charge in [-0.3, -0.25) is 4.90 Å². The van der Waals surface area contributed by atoms with E-state index in [9.17, 15) is 22.4 Å². The maximum atomic E-state index is 13.5. The fourth-order valence-electron chi connectivity index (χ4n) is 1.19. The number of aryl methyl sites for hydroxylation is 1. The molecule has 1 heterocycles. The predicted molar refractivity (Wildman–Crippen MR) is 56.7 cm³/mol. The van der Waals surface area contributed by atoms with Gasteiger partial charge in [0.25, 0.3) is 0 Å². The molecule has 18 heavy (non-hydrogen) atoms. The zero-order chi connectivity index (χ0) is 14.1. The Kier molecular flexibility index (Phi) is 3.89. The topological polar surface area (TPSA) is 47.4 Å². The van der Waals surface area contributed by atoms with Gasteiger partial charge in [0, 0.05) is 14.1 Å². The van der Waals surface area contributed by atoms with Crippen molar-refractivity contribution in [1.29, 1.82) is 0 Å². The smallest absolute Gasteiger partial charge is 0.406 e. The predicted octanol–water partition coefficient (Wildman–Crippen LogP) is 2.11. The summed E-state index contributed by atoms with van der Waals surface area (Å²) in [4.78, 5) is 11.6. The molecule has 1 aromatic rings. The standard InChI is InChI=1S/C8H7F4N3O2S/c1-14(7(16)17-3-18)4-5(8(10,11)12)13-15(2)6(4)9/h3H,1-2H3. The molecule has 0 radical (unpaired) electrons. The largest absolute Gasteiger partial charge is 0.437 e. The first kappa shape index (κ1) is 14.4. The van der Waals surface area contributed by atoms with Gasteiger partial charge in [0.05, 0.1) is 0 Å². The Morgan fingerprint density at radius 3 is 2.56 bits per heavy atom. The number of aromatic nitrogens is 2. The first-order chi connectivity index (χ1) is 8.20. The van der Waals surface area contributed by atoms with Crippen molar-refractivity contribution in [3.05, 3.63) is 11.6 Å².